The van der Waals surface area contributed by atoms with Gasteiger partial charge in [-0.2, -0.15) is 18.2 Å². The van der Waals surface area contributed by atoms with E-state index in [9.17, 15) is 32.6 Å². The summed E-state index contributed by atoms with van der Waals surface area (Å²) in [6.07, 6.45) is -3.61. The smallest absolute Gasteiger partial charge is 0.336 e. The number of fused-ring (bicyclic) bond motifs is 1. The quantitative estimate of drug-likeness (QED) is 0.0827. The van der Waals surface area contributed by atoms with Crippen LogP contribution in [0.3, 0.4) is 0 Å². The molecule has 6 nitrogen and oxygen atoms in total. The van der Waals surface area contributed by atoms with Crippen LogP contribution >= 0.6 is 11.8 Å². The summed E-state index contributed by atoms with van der Waals surface area (Å²) in [7, 11) is 0. The molecular formula is C37H40F4N4O2S. The number of hydrogen-bond acceptors (Lipinski definition) is 5. The van der Waals surface area contributed by atoms with Gasteiger partial charge in [-0.25, -0.2) is 4.39 Å². The number of thioether (sulfide) groups is 1. The summed E-state index contributed by atoms with van der Waals surface area (Å²) in [5.74, 6) is -1.69. The summed E-state index contributed by atoms with van der Waals surface area (Å²) < 4.78 is 119. The van der Waals surface area contributed by atoms with Crippen molar-refractivity contribution >= 4 is 17.7 Å². The fourth-order valence-electron chi connectivity index (χ4n) is 5.33. The minimum atomic E-state index is -4.64. The zero-order valence-corrected chi connectivity index (χ0v) is 27.6. The summed E-state index contributed by atoms with van der Waals surface area (Å²) >= 11 is 0.957. The van der Waals surface area contributed by atoms with E-state index in [-0.39, 0.29) is 58.4 Å². The van der Waals surface area contributed by atoms with Gasteiger partial charge in [0.1, 0.15) is 12.3 Å². The molecule has 3 aromatic carbocycles. The molecule has 0 spiro atoms. The van der Waals surface area contributed by atoms with Gasteiger partial charge < -0.3 is 14.4 Å². The maximum atomic E-state index is 14.8. The Morgan fingerprint density at radius 3 is 2.40 bits per heavy atom. The molecule has 0 saturated carbocycles. The fourth-order valence-corrected chi connectivity index (χ4v) is 6.25. The van der Waals surface area contributed by atoms with Crippen molar-refractivity contribution in [2.75, 3.05) is 26.2 Å². The Labute approximate surface area is 292 Å². The highest BCUT2D eigenvalue weighted by molar-refractivity contribution is 7.98. The minimum Gasteiger partial charge on any atom is -0.336 e. The van der Waals surface area contributed by atoms with E-state index < -0.39 is 65.7 Å². The molecule has 0 fully saturated rings. The van der Waals surface area contributed by atoms with Gasteiger partial charge in [-0.05, 0) is 91.4 Å². The number of rotatable bonds is 13. The summed E-state index contributed by atoms with van der Waals surface area (Å²) in [4.78, 5) is 34.6. The van der Waals surface area contributed by atoms with Crippen molar-refractivity contribution < 1.29 is 32.0 Å². The molecule has 1 amide bonds. The summed E-state index contributed by atoms with van der Waals surface area (Å²) in [6.45, 7) is -0.323. The summed E-state index contributed by atoms with van der Waals surface area (Å²) in [5, 5.41) is -0.141. The highest BCUT2D eigenvalue weighted by Crippen LogP contribution is 2.32. The van der Waals surface area contributed by atoms with E-state index in [4.69, 9.17) is 4.11 Å². The van der Waals surface area contributed by atoms with Gasteiger partial charge in [0.2, 0.25) is 5.91 Å². The number of halogens is 4. The van der Waals surface area contributed by atoms with Gasteiger partial charge in [-0.1, -0.05) is 68.0 Å². The van der Waals surface area contributed by atoms with Crippen LogP contribution in [0.25, 0.3) is 11.1 Å². The Balaban J connectivity index is 1.64. The number of hydrogen-bond donors (Lipinski definition) is 0. The number of aromatic nitrogens is 2. The lowest BCUT2D eigenvalue weighted by atomic mass is 9.98. The number of nitrogens with zero attached hydrogens (tertiary/aromatic N) is 4. The van der Waals surface area contributed by atoms with E-state index in [0.717, 1.165) is 40.6 Å². The summed E-state index contributed by atoms with van der Waals surface area (Å²) in [6, 6.07) is 7.42. The van der Waals surface area contributed by atoms with E-state index >= 15 is 0 Å². The van der Waals surface area contributed by atoms with Gasteiger partial charge in [0.05, 0.1) is 15.2 Å². The first-order valence-corrected chi connectivity index (χ1v) is 16.6. The molecule has 0 saturated heterocycles. The zero-order chi connectivity index (χ0) is 40.6. The first kappa shape index (κ1) is 26.9. The van der Waals surface area contributed by atoms with Crippen LogP contribution in [0.4, 0.5) is 17.6 Å². The van der Waals surface area contributed by atoms with E-state index in [1.807, 2.05) is 18.7 Å². The number of carbonyl (C=O) groups excluding carboxylic acids is 1. The van der Waals surface area contributed by atoms with Gasteiger partial charge in [-0.3, -0.25) is 9.59 Å². The second-order valence-electron chi connectivity index (χ2n) is 11.3. The highest BCUT2D eigenvalue weighted by atomic mass is 32.2. The van der Waals surface area contributed by atoms with Gasteiger partial charge in [0.15, 0.2) is 5.16 Å². The fraction of sp³-hybridized carbons (Fsp3) is 0.378. The van der Waals surface area contributed by atoms with Gasteiger partial charge in [0, 0.05) is 36.6 Å². The van der Waals surface area contributed by atoms with E-state index in [2.05, 4.69) is 4.98 Å². The third-order valence-electron chi connectivity index (χ3n) is 8.12. The lowest BCUT2D eigenvalue weighted by molar-refractivity contribution is -0.137. The lowest BCUT2D eigenvalue weighted by Crippen LogP contribution is -2.40. The van der Waals surface area contributed by atoms with Gasteiger partial charge >= 0.3 is 6.18 Å². The normalized spacial score (nSPS) is 15.5. The average Bonchev–Trinajstić information content (AvgIpc) is 3.62. The molecule has 1 aliphatic rings. The molecular weight excluding hydrogens is 640 g/mol. The van der Waals surface area contributed by atoms with Gasteiger partial charge in [-0.15, -0.1) is 0 Å². The van der Waals surface area contributed by atoms with Crippen LogP contribution < -0.4 is 5.56 Å². The molecule has 0 N–H and O–H groups in total. The highest BCUT2D eigenvalue weighted by Gasteiger charge is 2.30. The first-order chi connectivity index (χ1) is 25.7. The molecule has 0 atom stereocenters. The van der Waals surface area contributed by atoms with Crippen LogP contribution in [0.2, 0.25) is 0 Å². The Kier molecular flexibility index (Phi) is 8.70. The Hall–Kier alpha value is -3.96. The number of amides is 1. The predicted octanol–water partition coefficient (Wildman–Crippen LogP) is 7.53. The molecule has 1 heterocycles. The number of carbonyl (C=O) groups is 1. The Bertz CT molecular complexity index is 2100. The second kappa shape index (κ2) is 15.5. The number of likely N-dealkylation sites (N-methyl/N-ethyl adjacent to an activating group) is 1. The average molecular weight is 688 g/mol. The largest absolute Gasteiger partial charge is 0.416 e. The SMILES string of the molecule is [2H]c1c([2H])c(C([2H])([2H])N(CCN(CC)CC)C(=O)C([2H])([2H])n2c(SCc3ccc(F)cc3)nc(=O)c3c2CCC3)c(C)c([2H])c1-c1ccc(C(F)(F)F)cc1. The molecule has 1 aliphatic carbocycles. The van der Waals surface area contributed by atoms with Crippen molar-refractivity contribution in [2.45, 2.75) is 70.1 Å². The molecule has 11 heteroatoms. The van der Waals surface area contributed by atoms with Crippen LogP contribution in [0.15, 0.2) is 76.6 Å². The first-order valence-electron chi connectivity index (χ1n) is 19.1. The van der Waals surface area contributed by atoms with Crippen LogP contribution in [0.1, 0.15) is 63.4 Å². The van der Waals surface area contributed by atoms with Gasteiger partial charge in [0.25, 0.3) is 5.56 Å². The van der Waals surface area contributed by atoms with Crippen molar-refractivity contribution in [1.29, 1.82) is 0 Å². The zero-order valence-electron chi connectivity index (χ0n) is 33.8. The number of alkyl halides is 3. The molecule has 254 valence electrons. The molecule has 0 aliphatic heterocycles. The van der Waals surface area contributed by atoms with E-state index in [0.29, 0.717) is 36.4 Å². The van der Waals surface area contributed by atoms with E-state index in [1.54, 1.807) is 0 Å². The van der Waals surface area contributed by atoms with Crippen molar-refractivity contribution in [1.82, 2.24) is 19.4 Å². The van der Waals surface area contributed by atoms with Crippen molar-refractivity contribution in [3.63, 3.8) is 0 Å². The minimum absolute atomic E-state index is 0.0303. The second-order valence-corrected chi connectivity index (χ2v) is 12.2. The van der Waals surface area contributed by atoms with E-state index in [1.165, 1.54) is 31.2 Å². The molecule has 48 heavy (non-hydrogen) atoms. The lowest BCUT2D eigenvalue weighted by Gasteiger charge is -2.28. The predicted molar refractivity (Wildman–Crippen MR) is 181 cm³/mol. The van der Waals surface area contributed by atoms with Crippen molar-refractivity contribution in [2.24, 2.45) is 0 Å². The molecule has 0 radical (unpaired) electrons. The molecule has 0 bridgehead atoms. The van der Waals surface area contributed by atoms with Crippen LogP contribution in [-0.4, -0.2) is 51.4 Å². The molecule has 4 aromatic rings. The Morgan fingerprint density at radius 2 is 1.73 bits per heavy atom. The maximum absolute atomic E-state index is 14.8. The number of benzene rings is 3. The third kappa shape index (κ3) is 8.54. The van der Waals surface area contributed by atoms with Crippen LogP contribution in [-0.2, 0) is 42.6 Å². The van der Waals surface area contributed by atoms with Crippen LogP contribution in [0.5, 0.6) is 0 Å². The Morgan fingerprint density at radius 1 is 1.02 bits per heavy atom. The van der Waals surface area contributed by atoms with Crippen LogP contribution in [0, 0.1) is 12.7 Å². The molecule has 0 unspecified atom stereocenters. The van der Waals surface area contributed by atoms with Crippen molar-refractivity contribution in [3.8, 4) is 11.1 Å². The summed E-state index contributed by atoms with van der Waals surface area (Å²) in [5.41, 5.74) is -1.30. The standard InChI is InChI=1S/C37H40F4N4O2S/c1-4-43(5-2)19-20-44(22-29-12-11-28(21-25(29)3)27-13-15-30(16-14-27)37(39,40)41)34(46)23-45-33-8-6-7-32(33)35(47)42-36(45)48-24-26-9-17-31(38)18-10-26/h9-18,21H,4-8,19-20,22-24H2,1-3H3/i11D,12D,21D,22D2,23D2. The van der Waals surface area contributed by atoms with Crippen molar-refractivity contribution in [3.05, 3.63) is 116 Å². The topological polar surface area (TPSA) is 58.4 Å². The maximum Gasteiger partial charge on any atom is 0.416 e. The molecule has 5 rings (SSSR count). The monoisotopic (exact) mass is 687 g/mol. The molecule has 1 aromatic heterocycles. The third-order valence-corrected chi connectivity index (χ3v) is 9.13.